The first-order chi connectivity index (χ1) is 11.6. The van der Waals surface area contributed by atoms with Gasteiger partial charge in [0.2, 0.25) is 0 Å². The lowest BCUT2D eigenvalue weighted by atomic mass is 10.0. The minimum absolute atomic E-state index is 0.0475. The number of hydrogen-bond acceptors (Lipinski definition) is 2. The van der Waals surface area contributed by atoms with Crippen molar-refractivity contribution in [1.82, 2.24) is 15.5 Å². The monoisotopic (exact) mass is 349 g/mol. The molecule has 132 valence electrons. The van der Waals surface area contributed by atoms with Crippen LogP contribution >= 0.6 is 11.6 Å². The van der Waals surface area contributed by atoms with Crippen molar-refractivity contribution in [3.63, 3.8) is 0 Å². The Balaban J connectivity index is 1.51. The van der Waals surface area contributed by atoms with Gasteiger partial charge in [-0.15, -0.1) is 0 Å². The lowest BCUT2D eigenvalue weighted by molar-refractivity contribution is 0.230. The van der Waals surface area contributed by atoms with Crippen molar-refractivity contribution in [2.24, 2.45) is 11.8 Å². The van der Waals surface area contributed by atoms with Gasteiger partial charge in [0.1, 0.15) is 0 Å². The SMILES string of the molecule is CN1CCCCC(CNC(=O)NC(c2ccc(Cl)cc2)C2CC2)C1. The molecule has 2 N–H and O–H groups in total. The number of benzene rings is 1. The lowest BCUT2D eigenvalue weighted by Gasteiger charge is -2.22. The van der Waals surface area contributed by atoms with Gasteiger partial charge in [-0.25, -0.2) is 4.79 Å². The maximum atomic E-state index is 12.4. The summed E-state index contributed by atoms with van der Waals surface area (Å²) in [5.74, 6) is 1.11. The average molecular weight is 350 g/mol. The van der Waals surface area contributed by atoms with E-state index in [4.69, 9.17) is 11.6 Å². The van der Waals surface area contributed by atoms with Crippen LogP contribution in [0, 0.1) is 11.8 Å². The lowest BCUT2D eigenvalue weighted by Crippen LogP contribution is -2.42. The molecule has 1 aromatic rings. The number of carbonyl (C=O) groups excluding carboxylic acids is 1. The molecule has 3 rings (SSSR count). The fourth-order valence-electron chi connectivity index (χ4n) is 3.61. The number of rotatable bonds is 5. The number of hydrogen-bond donors (Lipinski definition) is 2. The molecule has 5 heteroatoms. The van der Waals surface area contributed by atoms with Crippen LogP contribution in [-0.4, -0.2) is 37.6 Å². The topological polar surface area (TPSA) is 44.4 Å². The Hall–Kier alpha value is -1.26. The van der Waals surface area contributed by atoms with E-state index < -0.39 is 0 Å². The van der Waals surface area contributed by atoms with E-state index in [9.17, 15) is 4.79 Å². The third-order valence-corrected chi connectivity index (χ3v) is 5.38. The van der Waals surface area contributed by atoms with Gasteiger partial charge in [0.15, 0.2) is 0 Å². The third kappa shape index (κ3) is 5.12. The number of carbonyl (C=O) groups is 1. The fraction of sp³-hybridized carbons (Fsp3) is 0.632. The van der Waals surface area contributed by atoms with Gasteiger partial charge in [0.05, 0.1) is 6.04 Å². The van der Waals surface area contributed by atoms with Gasteiger partial charge >= 0.3 is 6.03 Å². The largest absolute Gasteiger partial charge is 0.338 e. The van der Waals surface area contributed by atoms with E-state index in [2.05, 4.69) is 22.6 Å². The molecule has 2 unspecified atom stereocenters. The van der Waals surface area contributed by atoms with Crippen molar-refractivity contribution in [2.45, 2.75) is 38.1 Å². The summed E-state index contributed by atoms with van der Waals surface area (Å²) in [6, 6.07) is 7.88. The van der Waals surface area contributed by atoms with Gasteiger partial charge in [-0.1, -0.05) is 30.2 Å². The van der Waals surface area contributed by atoms with Gasteiger partial charge in [0.25, 0.3) is 0 Å². The first kappa shape index (κ1) is 17.6. The van der Waals surface area contributed by atoms with Crippen LogP contribution in [0.25, 0.3) is 0 Å². The van der Waals surface area contributed by atoms with Crippen molar-refractivity contribution in [3.05, 3.63) is 34.9 Å². The first-order valence-electron chi connectivity index (χ1n) is 9.10. The summed E-state index contributed by atoms with van der Waals surface area (Å²) in [6.07, 6.45) is 6.09. The summed E-state index contributed by atoms with van der Waals surface area (Å²) in [5.41, 5.74) is 1.14. The molecule has 1 heterocycles. The van der Waals surface area contributed by atoms with Crippen molar-refractivity contribution < 1.29 is 4.79 Å². The molecule has 1 saturated heterocycles. The molecular formula is C19H28ClN3O. The highest BCUT2D eigenvalue weighted by Crippen LogP contribution is 2.41. The Morgan fingerprint density at radius 1 is 1.25 bits per heavy atom. The fourth-order valence-corrected chi connectivity index (χ4v) is 3.73. The summed E-state index contributed by atoms with van der Waals surface area (Å²) >= 11 is 5.97. The molecule has 2 atom stereocenters. The van der Waals surface area contributed by atoms with Crippen molar-refractivity contribution >= 4 is 17.6 Å². The quantitative estimate of drug-likeness (QED) is 0.848. The van der Waals surface area contributed by atoms with Crippen LogP contribution in [-0.2, 0) is 0 Å². The number of urea groups is 1. The van der Waals surface area contributed by atoms with Crippen LogP contribution in [0.15, 0.2) is 24.3 Å². The number of likely N-dealkylation sites (tertiary alicyclic amines) is 1. The van der Waals surface area contributed by atoms with E-state index >= 15 is 0 Å². The van der Waals surface area contributed by atoms with Gasteiger partial charge in [-0.2, -0.15) is 0 Å². The summed E-state index contributed by atoms with van der Waals surface area (Å²) in [7, 11) is 2.17. The molecule has 0 bridgehead atoms. The van der Waals surface area contributed by atoms with Crippen LogP contribution in [0.4, 0.5) is 4.79 Å². The summed E-state index contributed by atoms with van der Waals surface area (Å²) in [6.45, 7) is 3.00. The van der Waals surface area contributed by atoms with E-state index in [-0.39, 0.29) is 12.1 Å². The highest BCUT2D eigenvalue weighted by atomic mass is 35.5. The first-order valence-corrected chi connectivity index (χ1v) is 9.48. The molecule has 1 aromatic carbocycles. The number of nitrogens with zero attached hydrogens (tertiary/aromatic N) is 1. The standard InChI is InChI=1S/C19H28ClN3O/c1-23-11-3-2-4-14(13-23)12-21-19(24)22-18(15-5-6-15)16-7-9-17(20)10-8-16/h7-10,14-15,18H,2-6,11-13H2,1H3,(H2,21,22,24). The van der Waals surface area contributed by atoms with E-state index in [1.165, 1.54) is 38.6 Å². The van der Waals surface area contributed by atoms with Crippen LogP contribution in [0.5, 0.6) is 0 Å². The molecule has 2 amide bonds. The molecule has 2 fully saturated rings. The average Bonchev–Trinajstić information content (AvgIpc) is 3.40. The summed E-state index contributed by atoms with van der Waals surface area (Å²) < 4.78 is 0. The van der Waals surface area contributed by atoms with Crippen molar-refractivity contribution in [3.8, 4) is 0 Å². The minimum atomic E-state index is -0.0475. The summed E-state index contributed by atoms with van der Waals surface area (Å²) in [5, 5.41) is 7.00. The van der Waals surface area contributed by atoms with Gasteiger partial charge in [-0.05, 0) is 68.8 Å². The maximum absolute atomic E-state index is 12.4. The number of halogens is 1. The second-order valence-corrected chi connectivity index (χ2v) is 7.78. The van der Waals surface area contributed by atoms with E-state index in [0.717, 1.165) is 23.7 Å². The second kappa shape index (κ2) is 8.21. The molecule has 0 aromatic heterocycles. The Morgan fingerprint density at radius 3 is 2.71 bits per heavy atom. The van der Waals surface area contributed by atoms with Gasteiger partial charge in [0, 0.05) is 18.1 Å². The zero-order chi connectivity index (χ0) is 16.9. The third-order valence-electron chi connectivity index (χ3n) is 5.13. The van der Waals surface area contributed by atoms with Crippen LogP contribution in [0.2, 0.25) is 5.02 Å². The number of amides is 2. The predicted octanol–water partition coefficient (Wildman–Crippen LogP) is 3.82. The zero-order valence-electron chi connectivity index (χ0n) is 14.4. The summed E-state index contributed by atoms with van der Waals surface area (Å²) in [4.78, 5) is 14.7. The zero-order valence-corrected chi connectivity index (χ0v) is 15.2. The Kier molecular flexibility index (Phi) is 6.01. The Labute approximate surface area is 149 Å². The van der Waals surface area contributed by atoms with Crippen molar-refractivity contribution in [2.75, 3.05) is 26.7 Å². The Morgan fingerprint density at radius 2 is 2.00 bits per heavy atom. The molecule has 1 aliphatic heterocycles. The predicted molar refractivity (Wildman–Crippen MR) is 98.3 cm³/mol. The van der Waals surface area contributed by atoms with Crippen LogP contribution in [0.1, 0.15) is 43.7 Å². The van der Waals surface area contributed by atoms with E-state index in [0.29, 0.717) is 11.8 Å². The highest BCUT2D eigenvalue weighted by Gasteiger charge is 2.33. The van der Waals surface area contributed by atoms with Crippen LogP contribution < -0.4 is 10.6 Å². The molecule has 1 aliphatic carbocycles. The molecule has 1 saturated carbocycles. The van der Waals surface area contributed by atoms with Crippen molar-refractivity contribution in [1.29, 1.82) is 0 Å². The van der Waals surface area contributed by atoms with Gasteiger partial charge < -0.3 is 15.5 Å². The van der Waals surface area contributed by atoms with E-state index in [1.807, 2.05) is 24.3 Å². The molecular weight excluding hydrogens is 322 g/mol. The minimum Gasteiger partial charge on any atom is -0.338 e. The molecule has 24 heavy (non-hydrogen) atoms. The van der Waals surface area contributed by atoms with Crippen LogP contribution in [0.3, 0.4) is 0 Å². The normalized spacial score (nSPS) is 23.3. The second-order valence-electron chi connectivity index (χ2n) is 7.35. The smallest absolute Gasteiger partial charge is 0.315 e. The highest BCUT2D eigenvalue weighted by molar-refractivity contribution is 6.30. The van der Waals surface area contributed by atoms with E-state index in [1.54, 1.807) is 0 Å². The molecule has 0 spiro atoms. The molecule has 0 radical (unpaired) electrons. The van der Waals surface area contributed by atoms with Gasteiger partial charge in [-0.3, -0.25) is 0 Å². The maximum Gasteiger partial charge on any atom is 0.315 e. The number of nitrogens with one attached hydrogen (secondary N) is 2. The molecule has 2 aliphatic rings. The Bertz CT molecular complexity index is 544. The molecule has 4 nitrogen and oxygen atoms in total.